The maximum atomic E-state index is 13.8. The summed E-state index contributed by atoms with van der Waals surface area (Å²) >= 11 is 3.39. The van der Waals surface area contributed by atoms with Crippen molar-refractivity contribution in [2.24, 2.45) is 0 Å². The number of rotatable bonds is 4. The fourth-order valence-electron chi connectivity index (χ4n) is 2.04. The van der Waals surface area contributed by atoms with Gasteiger partial charge in [0.25, 0.3) is 0 Å². The van der Waals surface area contributed by atoms with Gasteiger partial charge >= 0.3 is 0 Å². The molecule has 0 spiro atoms. The van der Waals surface area contributed by atoms with Crippen LogP contribution in [0.3, 0.4) is 0 Å². The van der Waals surface area contributed by atoms with Gasteiger partial charge in [0.05, 0.1) is 0 Å². The third kappa shape index (κ3) is 3.39. The van der Waals surface area contributed by atoms with E-state index in [-0.39, 0.29) is 17.7 Å². The Bertz CT molecular complexity index is 572. The quantitative estimate of drug-likeness (QED) is 0.887. The lowest BCUT2D eigenvalue weighted by Gasteiger charge is -2.18. The van der Waals surface area contributed by atoms with E-state index in [1.807, 2.05) is 0 Å². The normalized spacial score (nSPS) is 12.4. The molecule has 0 heterocycles. The molecule has 0 saturated carbocycles. The fourth-order valence-corrected chi connectivity index (χ4v) is 2.45. The van der Waals surface area contributed by atoms with Crippen molar-refractivity contribution in [1.29, 1.82) is 0 Å². The van der Waals surface area contributed by atoms with E-state index in [0.29, 0.717) is 12.0 Å². The van der Waals surface area contributed by atoms with E-state index >= 15 is 0 Å². The van der Waals surface area contributed by atoms with E-state index in [1.54, 1.807) is 31.3 Å². The van der Waals surface area contributed by atoms with Crippen molar-refractivity contribution < 1.29 is 8.78 Å². The molecule has 0 bridgehead atoms. The number of nitrogens with one attached hydrogen (secondary N) is 1. The lowest BCUT2D eigenvalue weighted by Crippen LogP contribution is -2.20. The minimum Gasteiger partial charge on any atom is -0.313 e. The largest absolute Gasteiger partial charge is 0.313 e. The van der Waals surface area contributed by atoms with E-state index in [2.05, 4.69) is 21.2 Å². The van der Waals surface area contributed by atoms with Crippen LogP contribution in [0.2, 0.25) is 0 Å². The third-order valence-electron chi connectivity index (χ3n) is 3.06. The fraction of sp³-hybridized carbons (Fsp3) is 0.200. The first-order valence-corrected chi connectivity index (χ1v) is 6.76. The molecule has 1 N–H and O–H groups in total. The van der Waals surface area contributed by atoms with Gasteiger partial charge in [-0.3, -0.25) is 0 Å². The summed E-state index contributed by atoms with van der Waals surface area (Å²) in [4.78, 5) is 0. The van der Waals surface area contributed by atoms with E-state index < -0.39 is 0 Å². The summed E-state index contributed by atoms with van der Waals surface area (Å²) in [7, 11) is 1.77. The standard InChI is InChI=1S/C15H14BrF2N/c1-19-15(12-4-2-3-5-14(12)18)9-10-8-11(17)6-7-13(10)16/h2-8,15,19H,9H2,1H3. The number of benzene rings is 2. The molecule has 19 heavy (non-hydrogen) atoms. The lowest BCUT2D eigenvalue weighted by atomic mass is 9.98. The van der Waals surface area contributed by atoms with E-state index in [4.69, 9.17) is 0 Å². The minimum atomic E-state index is -0.290. The molecule has 1 nitrogen and oxygen atoms in total. The summed E-state index contributed by atoms with van der Waals surface area (Å²) in [5.74, 6) is -0.545. The molecule has 0 aliphatic carbocycles. The second kappa shape index (κ2) is 6.26. The summed E-state index contributed by atoms with van der Waals surface area (Å²) in [6, 6.07) is 11.0. The van der Waals surface area contributed by atoms with Crippen LogP contribution in [0.25, 0.3) is 0 Å². The molecule has 2 aromatic carbocycles. The Kier molecular flexibility index (Phi) is 4.66. The Morgan fingerprint density at radius 2 is 1.89 bits per heavy atom. The molecule has 2 rings (SSSR count). The van der Waals surface area contributed by atoms with Gasteiger partial charge in [0.15, 0.2) is 0 Å². The van der Waals surface area contributed by atoms with E-state index in [1.165, 1.54) is 18.2 Å². The van der Waals surface area contributed by atoms with Crippen molar-refractivity contribution in [1.82, 2.24) is 5.32 Å². The topological polar surface area (TPSA) is 12.0 Å². The van der Waals surface area contributed by atoms with Gasteiger partial charge in [-0.1, -0.05) is 34.1 Å². The van der Waals surface area contributed by atoms with Gasteiger partial charge in [-0.25, -0.2) is 8.78 Å². The van der Waals surface area contributed by atoms with Crippen LogP contribution in [0.4, 0.5) is 8.78 Å². The van der Waals surface area contributed by atoms with Crippen LogP contribution in [0, 0.1) is 11.6 Å². The number of likely N-dealkylation sites (N-methyl/N-ethyl adjacent to an activating group) is 1. The molecule has 100 valence electrons. The maximum Gasteiger partial charge on any atom is 0.127 e. The highest BCUT2D eigenvalue weighted by Crippen LogP contribution is 2.25. The van der Waals surface area contributed by atoms with Crippen molar-refractivity contribution in [2.45, 2.75) is 12.5 Å². The van der Waals surface area contributed by atoms with Crippen LogP contribution in [-0.4, -0.2) is 7.05 Å². The maximum absolute atomic E-state index is 13.8. The van der Waals surface area contributed by atoms with Crippen LogP contribution in [0.5, 0.6) is 0 Å². The van der Waals surface area contributed by atoms with Crippen molar-refractivity contribution in [3.63, 3.8) is 0 Å². The van der Waals surface area contributed by atoms with Crippen LogP contribution in [-0.2, 0) is 6.42 Å². The first kappa shape index (κ1) is 14.2. The Hall–Kier alpha value is -1.26. The van der Waals surface area contributed by atoms with E-state index in [0.717, 1.165) is 10.0 Å². The predicted octanol–water partition coefficient (Wildman–Crippen LogP) is 4.23. The summed E-state index contributed by atoms with van der Waals surface area (Å²) in [6.45, 7) is 0. The molecule has 0 radical (unpaired) electrons. The van der Waals surface area contributed by atoms with Crippen molar-refractivity contribution in [3.05, 3.63) is 69.7 Å². The highest BCUT2D eigenvalue weighted by molar-refractivity contribution is 9.10. The molecule has 0 fully saturated rings. The van der Waals surface area contributed by atoms with Crippen LogP contribution in [0.1, 0.15) is 17.2 Å². The van der Waals surface area contributed by atoms with Crippen molar-refractivity contribution in [2.75, 3.05) is 7.05 Å². The third-order valence-corrected chi connectivity index (χ3v) is 3.83. The monoisotopic (exact) mass is 325 g/mol. The first-order valence-electron chi connectivity index (χ1n) is 5.97. The molecule has 1 atom stereocenters. The highest BCUT2D eigenvalue weighted by atomic mass is 79.9. The van der Waals surface area contributed by atoms with Gasteiger partial charge in [-0.15, -0.1) is 0 Å². The SMILES string of the molecule is CNC(Cc1cc(F)ccc1Br)c1ccccc1F. The molecule has 0 aliphatic rings. The molecule has 0 aromatic heterocycles. The van der Waals surface area contributed by atoms with Crippen LogP contribution in [0.15, 0.2) is 46.9 Å². The first-order chi connectivity index (χ1) is 9.11. The molecular formula is C15H14BrF2N. The molecule has 0 amide bonds. The summed E-state index contributed by atoms with van der Waals surface area (Å²) in [5.41, 5.74) is 1.39. The summed E-state index contributed by atoms with van der Waals surface area (Å²) < 4.78 is 27.9. The minimum absolute atomic E-state index is 0.195. The molecular weight excluding hydrogens is 312 g/mol. The van der Waals surface area contributed by atoms with Gasteiger partial charge in [-0.2, -0.15) is 0 Å². The van der Waals surface area contributed by atoms with Gasteiger partial charge in [0, 0.05) is 16.1 Å². The van der Waals surface area contributed by atoms with Gasteiger partial charge in [0.2, 0.25) is 0 Å². The zero-order valence-electron chi connectivity index (χ0n) is 10.5. The van der Waals surface area contributed by atoms with Gasteiger partial charge in [0.1, 0.15) is 11.6 Å². The average Bonchev–Trinajstić information content (AvgIpc) is 2.41. The van der Waals surface area contributed by atoms with Crippen LogP contribution < -0.4 is 5.32 Å². The van der Waals surface area contributed by atoms with Gasteiger partial charge in [-0.05, 0) is 43.3 Å². The van der Waals surface area contributed by atoms with Crippen molar-refractivity contribution >= 4 is 15.9 Å². The van der Waals surface area contributed by atoms with E-state index in [9.17, 15) is 8.78 Å². The summed E-state index contributed by atoms with van der Waals surface area (Å²) in [6.07, 6.45) is 0.510. The number of halogens is 3. The van der Waals surface area contributed by atoms with Gasteiger partial charge < -0.3 is 5.32 Å². The average molecular weight is 326 g/mol. The molecule has 0 saturated heterocycles. The second-order valence-electron chi connectivity index (χ2n) is 4.30. The summed E-state index contributed by atoms with van der Waals surface area (Å²) in [5, 5.41) is 3.07. The Labute approximate surface area is 119 Å². The molecule has 1 unspecified atom stereocenters. The molecule has 2 aromatic rings. The van der Waals surface area contributed by atoms with Crippen LogP contribution >= 0.6 is 15.9 Å². The smallest absolute Gasteiger partial charge is 0.127 e. The second-order valence-corrected chi connectivity index (χ2v) is 5.16. The lowest BCUT2D eigenvalue weighted by molar-refractivity contribution is 0.531. The zero-order chi connectivity index (χ0) is 13.8. The Balaban J connectivity index is 2.29. The number of hydrogen-bond donors (Lipinski definition) is 1. The zero-order valence-corrected chi connectivity index (χ0v) is 12.0. The van der Waals surface area contributed by atoms with Crippen molar-refractivity contribution in [3.8, 4) is 0 Å². The predicted molar refractivity (Wildman–Crippen MR) is 76.0 cm³/mol. The number of hydrogen-bond acceptors (Lipinski definition) is 1. The molecule has 4 heteroatoms. The molecule has 0 aliphatic heterocycles. The Morgan fingerprint density at radius 1 is 1.16 bits per heavy atom. The highest BCUT2D eigenvalue weighted by Gasteiger charge is 2.15. The Morgan fingerprint density at radius 3 is 2.58 bits per heavy atom.